The van der Waals surface area contributed by atoms with Gasteiger partial charge in [-0.3, -0.25) is 4.79 Å². The molecule has 0 saturated heterocycles. The normalized spacial score (nSPS) is 16.3. The van der Waals surface area contributed by atoms with Crippen LogP contribution in [-0.2, 0) is 24.1 Å². The number of rotatable bonds is 4. The summed E-state index contributed by atoms with van der Waals surface area (Å²) in [6.07, 6.45) is 3.45. The van der Waals surface area contributed by atoms with Gasteiger partial charge in [0.05, 0.1) is 7.11 Å². The zero-order chi connectivity index (χ0) is 18.1. The molecule has 1 aliphatic rings. The third-order valence-electron chi connectivity index (χ3n) is 5.42. The topological polar surface area (TPSA) is 54.1 Å². The minimum atomic E-state index is -0.00221. The second kappa shape index (κ2) is 6.87. The van der Waals surface area contributed by atoms with E-state index in [9.17, 15) is 4.79 Å². The van der Waals surface area contributed by atoms with Gasteiger partial charge in [-0.15, -0.1) is 0 Å². The molecule has 26 heavy (non-hydrogen) atoms. The van der Waals surface area contributed by atoms with Gasteiger partial charge in [0.2, 0.25) is 5.91 Å². The Morgan fingerprint density at radius 2 is 2.12 bits per heavy atom. The van der Waals surface area contributed by atoms with E-state index in [2.05, 4.69) is 35.4 Å². The summed E-state index contributed by atoms with van der Waals surface area (Å²) in [6, 6.07) is 14.1. The summed E-state index contributed by atoms with van der Waals surface area (Å²) in [6.45, 7) is 2.11. The van der Waals surface area contributed by atoms with Gasteiger partial charge in [0.15, 0.2) is 0 Å². The lowest BCUT2D eigenvalue weighted by Gasteiger charge is -2.22. The lowest BCUT2D eigenvalue weighted by molar-refractivity contribution is -0.120. The van der Waals surface area contributed by atoms with Crippen LogP contribution in [0.25, 0.3) is 10.9 Å². The maximum absolute atomic E-state index is 12.9. The standard InChI is InChI=1S/C22H24N2O2/c1-3-14-6-4-5-7-19(14)24-22(25)15-8-10-20-17(12-15)18-13-16(26-2)9-11-21(18)23-20/h4-7,9,11,13,15,23H,3,8,10,12H2,1-2H3,(H,24,25). The number of carbonyl (C=O) groups is 1. The zero-order valence-electron chi connectivity index (χ0n) is 15.3. The predicted molar refractivity (Wildman–Crippen MR) is 105 cm³/mol. The molecule has 134 valence electrons. The number of nitrogens with one attached hydrogen (secondary N) is 2. The van der Waals surface area contributed by atoms with E-state index in [1.165, 1.54) is 22.2 Å². The van der Waals surface area contributed by atoms with Crippen LogP contribution in [0.4, 0.5) is 5.69 Å². The quantitative estimate of drug-likeness (QED) is 0.730. The van der Waals surface area contributed by atoms with E-state index in [0.717, 1.165) is 42.6 Å². The molecule has 4 nitrogen and oxygen atoms in total. The lowest BCUT2D eigenvalue weighted by Crippen LogP contribution is -2.28. The number of carbonyl (C=O) groups excluding carboxylic acids is 1. The number of para-hydroxylation sites is 1. The van der Waals surface area contributed by atoms with Crippen molar-refractivity contribution in [2.75, 3.05) is 12.4 Å². The Labute approximate surface area is 153 Å². The summed E-state index contributed by atoms with van der Waals surface area (Å²) in [7, 11) is 1.68. The van der Waals surface area contributed by atoms with E-state index in [0.29, 0.717) is 0 Å². The minimum absolute atomic E-state index is 0.00221. The molecular weight excluding hydrogens is 324 g/mol. The summed E-state index contributed by atoms with van der Waals surface area (Å²) in [5.74, 6) is 0.967. The molecule has 1 aromatic heterocycles. The largest absolute Gasteiger partial charge is 0.497 e. The highest BCUT2D eigenvalue weighted by Gasteiger charge is 2.27. The molecule has 2 N–H and O–H groups in total. The Bertz CT molecular complexity index is 958. The number of aromatic amines is 1. The molecule has 4 heteroatoms. The third kappa shape index (κ3) is 2.96. The number of anilines is 1. The highest BCUT2D eigenvalue weighted by Crippen LogP contribution is 2.34. The van der Waals surface area contributed by atoms with Crippen LogP contribution >= 0.6 is 0 Å². The molecule has 1 amide bonds. The molecule has 2 aromatic carbocycles. The van der Waals surface area contributed by atoms with Crippen LogP contribution in [0.15, 0.2) is 42.5 Å². The maximum Gasteiger partial charge on any atom is 0.227 e. The smallest absolute Gasteiger partial charge is 0.227 e. The fraction of sp³-hybridized carbons (Fsp3) is 0.318. The third-order valence-corrected chi connectivity index (χ3v) is 5.42. The molecule has 0 saturated carbocycles. The van der Waals surface area contributed by atoms with Crippen molar-refractivity contribution in [3.63, 3.8) is 0 Å². The van der Waals surface area contributed by atoms with Crippen LogP contribution in [0, 0.1) is 5.92 Å². The summed E-state index contributed by atoms with van der Waals surface area (Å²) in [5, 5.41) is 4.32. The fourth-order valence-electron chi connectivity index (χ4n) is 3.93. The van der Waals surface area contributed by atoms with E-state index in [4.69, 9.17) is 4.74 Å². The minimum Gasteiger partial charge on any atom is -0.497 e. The van der Waals surface area contributed by atoms with E-state index >= 15 is 0 Å². The van der Waals surface area contributed by atoms with Crippen molar-refractivity contribution in [3.05, 3.63) is 59.3 Å². The number of aromatic nitrogens is 1. The summed E-state index contributed by atoms with van der Waals surface area (Å²) in [5.41, 5.74) is 5.74. The molecule has 0 aliphatic heterocycles. The second-order valence-corrected chi connectivity index (χ2v) is 6.93. The van der Waals surface area contributed by atoms with Gasteiger partial charge < -0.3 is 15.0 Å². The Morgan fingerprint density at radius 3 is 2.92 bits per heavy atom. The predicted octanol–water partition coefficient (Wildman–Crippen LogP) is 4.48. The first kappa shape index (κ1) is 16.7. The molecule has 3 aromatic rings. The highest BCUT2D eigenvalue weighted by atomic mass is 16.5. The van der Waals surface area contributed by atoms with Crippen LogP contribution in [0.3, 0.4) is 0 Å². The maximum atomic E-state index is 12.9. The number of H-pyrrole nitrogens is 1. The summed E-state index contributed by atoms with van der Waals surface area (Å²) < 4.78 is 5.37. The Kier molecular flexibility index (Phi) is 4.41. The molecule has 0 radical (unpaired) electrons. The van der Waals surface area contributed by atoms with Crippen LogP contribution < -0.4 is 10.1 Å². The van der Waals surface area contributed by atoms with Crippen molar-refractivity contribution >= 4 is 22.5 Å². The van der Waals surface area contributed by atoms with Gasteiger partial charge in [-0.05, 0) is 61.1 Å². The number of ether oxygens (including phenoxy) is 1. The van der Waals surface area contributed by atoms with Crippen molar-refractivity contribution in [2.24, 2.45) is 5.92 Å². The first-order valence-corrected chi connectivity index (χ1v) is 9.25. The molecule has 1 aliphatic carbocycles. The van der Waals surface area contributed by atoms with Crippen molar-refractivity contribution in [1.29, 1.82) is 0 Å². The van der Waals surface area contributed by atoms with E-state index in [-0.39, 0.29) is 11.8 Å². The number of benzene rings is 2. The monoisotopic (exact) mass is 348 g/mol. The van der Waals surface area contributed by atoms with Crippen molar-refractivity contribution in [2.45, 2.75) is 32.6 Å². The van der Waals surface area contributed by atoms with E-state index < -0.39 is 0 Å². The van der Waals surface area contributed by atoms with E-state index in [1.54, 1.807) is 7.11 Å². The van der Waals surface area contributed by atoms with Gasteiger partial charge in [-0.1, -0.05) is 25.1 Å². The fourth-order valence-corrected chi connectivity index (χ4v) is 3.93. The molecule has 1 heterocycles. The van der Waals surface area contributed by atoms with Crippen molar-refractivity contribution < 1.29 is 9.53 Å². The molecular formula is C22H24N2O2. The summed E-state index contributed by atoms with van der Waals surface area (Å²) >= 11 is 0. The van der Waals surface area contributed by atoms with Gasteiger partial charge >= 0.3 is 0 Å². The lowest BCUT2D eigenvalue weighted by atomic mass is 9.85. The number of aryl methyl sites for hydroxylation is 2. The zero-order valence-corrected chi connectivity index (χ0v) is 15.3. The Morgan fingerprint density at radius 1 is 1.27 bits per heavy atom. The Hall–Kier alpha value is -2.75. The van der Waals surface area contributed by atoms with Gasteiger partial charge in [0, 0.05) is 28.2 Å². The van der Waals surface area contributed by atoms with Gasteiger partial charge in [0.25, 0.3) is 0 Å². The van der Waals surface area contributed by atoms with Gasteiger partial charge in [0.1, 0.15) is 5.75 Å². The molecule has 1 atom stereocenters. The second-order valence-electron chi connectivity index (χ2n) is 6.93. The Balaban J connectivity index is 1.58. The summed E-state index contributed by atoms with van der Waals surface area (Å²) in [4.78, 5) is 16.4. The average molecular weight is 348 g/mol. The van der Waals surface area contributed by atoms with E-state index in [1.807, 2.05) is 24.3 Å². The van der Waals surface area contributed by atoms with Crippen LogP contribution in [0.2, 0.25) is 0 Å². The molecule has 1 unspecified atom stereocenters. The first-order chi connectivity index (χ1) is 12.7. The number of amides is 1. The van der Waals surface area contributed by atoms with Crippen LogP contribution in [0.5, 0.6) is 5.75 Å². The average Bonchev–Trinajstić information content (AvgIpc) is 3.05. The molecule has 4 rings (SSSR count). The van der Waals surface area contributed by atoms with Gasteiger partial charge in [-0.2, -0.15) is 0 Å². The van der Waals surface area contributed by atoms with Crippen molar-refractivity contribution in [3.8, 4) is 5.75 Å². The number of hydrogen-bond donors (Lipinski definition) is 2. The molecule has 0 bridgehead atoms. The van der Waals surface area contributed by atoms with Crippen LogP contribution in [-0.4, -0.2) is 18.0 Å². The number of hydrogen-bond acceptors (Lipinski definition) is 2. The SMILES string of the molecule is CCc1ccccc1NC(=O)C1CCc2[nH]c3ccc(OC)cc3c2C1. The number of methoxy groups -OCH3 is 1. The van der Waals surface area contributed by atoms with Gasteiger partial charge in [-0.25, -0.2) is 0 Å². The number of fused-ring (bicyclic) bond motifs is 3. The van der Waals surface area contributed by atoms with Crippen LogP contribution in [0.1, 0.15) is 30.2 Å². The first-order valence-electron chi connectivity index (χ1n) is 9.25. The molecule has 0 spiro atoms. The highest BCUT2D eigenvalue weighted by molar-refractivity contribution is 5.94. The molecule has 0 fully saturated rings. The van der Waals surface area contributed by atoms with Crippen molar-refractivity contribution in [1.82, 2.24) is 4.98 Å².